The molecule has 2 rings (SSSR count). The van der Waals surface area contributed by atoms with Gasteiger partial charge in [-0.25, -0.2) is 10.2 Å². The molecule has 0 aliphatic rings. The molecule has 0 saturated heterocycles. The van der Waals surface area contributed by atoms with Crippen LogP contribution < -0.4 is 5.43 Å². The van der Waals surface area contributed by atoms with Crippen LogP contribution in [0.1, 0.15) is 34.4 Å². The van der Waals surface area contributed by atoms with Crippen LogP contribution in [0.4, 0.5) is 5.88 Å². The van der Waals surface area contributed by atoms with E-state index < -0.39 is 5.97 Å². The van der Waals surface area contributed by atoms with Gasteiger partial charge in [0.15, 0.2) is 0 Å². The maximum absolute atomic E-state index is 11.3. The lowest BCUT2D eigenvalue weighted by atomic mass is 10.1. The van der Waals surface area contributed by atoms with Crippen molar-refractivity contribution in [1.29, 1.82) is 5.26 Å². The highest BCUT2D eigenvalue weighted by molar-refractivity contribution is 5.90. The van der Waals surface area contributed by atoms with E-state index in [1.165, 1.54) is 13.3 Å². The molecule has 0 bridgehead atoms. The normalized spacial score (nSPS) is 10.3. The van der Waals surface area contributed by atoms with Crippen molar-refractivity contribution in [3.05, 3.63) is 53.6 Å². The number of ether oxygens (including phenoxy) is 1. The predicted octanol–water partition coefficient (Wildman–Crippen LogP) is 2.81. The fourth-order valence-electron chi connectivity index (χ4n) is 1.64. The molecule has 0 fully saturated rings. The number of nitrogens with one attached hydrogen (secondary N) is 1. The van der Waals surface area contributed by atoms with E-state index in [1.54, 1.807) is 31.2 Å². The fraction of sp³-hybridized carbons (Fsp3) is 0.125. The van der Waals surface area contributed by atoms with Crippen LogP contribution >= 0.6 is 0 Å². The SMILES string of the molecule is C=C(C)c1nc(C#N)c(NN=Cc2ccc(C(=O)OC)cc2)o1. The highest BCUT2D eigenvalue weighted by atomic mass is 16.5. The number of hydrogen-bond donors (Lipinski definition) is 1. The van der Waals surface area contributed by atoms with Crippen LogP contribution in [-0.2, 0) is 4.74 Å². The summed E-state index contributed by atoms with van der Waals surface area (Å²) >= 11 is 0. The molecular formula is C16H14N4O3. The summed E-state index contributed by atoms with van der Waals surface area (Å²) in [5.41, 5.74) is 4.53. The Hall–Kier alpha value is -3.40. The average Bonchev–Trinajstić information content (AvgIpc) is 2.98. The van der Waals surface area contributed by atoms with Gasteiger partial charge in [-0.3, -0.25) is 0 Å². The number of methoxy groups -OCH3 is 1. The number of anilines is 1. The summed E-state index contributed by atoms with van der Waals surface area (Å²) in [5.74, 6) is 0.0221. The summed E-state index contributed by atoms with van der Waals surface area (Å²) in [6.07, 6.45) is 1.52. The first-order valence-electron chi connectivity index (χ1n) is 6.59. The minimum absolute atomic E-state index is 0.0983. The molecule has 23 heavy (non-hydrogen) atoms. The van der Waals surface area contributed by atoms with Gasteiger partial charge in [0, 0.05) is 5.57 Å². The Bertz CT molecular complexity index is 798. The van der Waals surface area contributed by atoms with Gasteiger partial charge in [-0.15, -0.1) is 0 Å². The molecule has 0 saturated carbocycles. The number of benzene rings is 1. The van der Waals surface area contributed by atoms with Crippen LogP contribution in [0.25, 0.3) is 5.57 Å². The summed E-state index contributed by atoms with van der Waals surface area (Å²) in [6.45, 7) is 5.43. The van der Waals surface area contributed by atoms with Crippen molar-refractivity contribution < 1.29 is 13.9 Å². The maximum Gasteiger partial charge on any atom is 0.337 e. The predicted molar refractivity (Wildman–Crippen MR) is 84.9 cm³/mol. The summed E-state index contributed by atoms with van der Waals surface area (Å²) in [7, 11) is 1.32. The molecule has 2 aromatic rings. The molecule has 0 aliphatic carbocycles. The van der Waals surface area contributed by atoms with Crippen molar-refractivity contribution in [3.63, 3.8) is 0 Å². The minimum atomic E-state index is -0.403. The largest absolute Gasteiger partial charge is 0.465 e. The van der Waals surface area contributed by atoms with E-state index in [1.807, 2.05) is 6.07 Å². The molecule has 1 heterocycles. The van der Waals surface area contributed by atoms with Crippen LogP contribution in [0.15, 0.2) is 40.4 Å². The van der Waals surface area contributed by atoms with Gasteiger partial charge in [-0.1, -0.05) is 18.7 Å². The smallest absolute Gasteiger partial charge is 0.337 e. The number of allylic oxidation sites excluding steroid dienone is 1. The molecule has 116 valence electrons. The molecule has 1 N–H and O–H groups in total. The number of carbonyl (C=O) groups is 1. The van der Waals surface area contributed by atoms with Crippen molar-refractivity contribution in [3.8, 4) is 6.07 Å². The molecule has 0 atom stereocenters. The summed E-state index contributed by atoms with van der Waals surface area (Å²) in [6, 6.07) is 8.59. The Labute approximate surface area is 132 Å². The number of nitrogens with zero attached hydrogens (tertiary/aromatic N) is 3. The molecule has 0 spiro atoms. The molecule has 0 unspecified atom stereocenters. The van der Waals surface area contributed by atoms with Gasteiger partial charge < -0.3 is 9.15 Å². The molecule has 0 aliphatic heterocycles. The lowest BCUT2D eigenvalue weighted by Gasteiger charge is -1.99. The van der Waals surface area contributed by atoms with Gasteiger partial charge in [0.25, 0.3) is 5.88 Å². The van der Waals surface area contributed by atoms with E-state index >= 15 is 0 Å². The van der Waals surface area contributed by atoms with E-state index in [-0.39, 0.29) is 17.5 Å². The standard InChI is InChI=1S/C16H14N4O3/c1-10(2)14-19-13(8-17)15(23-14)20-18-9-11-4-6-12(7-5-11)16(21)22-3/h4-7,9,20H,1H2,2-3H3. The van der Waals surface area contributed by atoms with E-state index in [2.05, 4.69) is 26.8 Å². The highest BCUT2D eigenvalue weighted by Gasteiger charge is 2.12. The average molecular weight is 310 g/mol. The van der Waals surface area contributed by atoms with Crippen molar-refractivity contribution in [2.75, 3.05) is 12.5 Å². The van der Waals surface area contributed by atoms with Gasteiger partial charge >= 0.3 is 5.97 Å². The number of aromatic nitrogens is 1. The number of hydrogen-bond acceptors (Lipinski definition) is 7. The summed E-state index contributed by atoms with van der Waals surface area (Å²) < 4.78 is 9.97. The van der Waals surface area contributed by atoms with E-state index in [0.29, 0.717) is 11.1 Å². The maximum atomic E-state index is 11.3. The van der Waals surface area contributed by atoms with Crippen LogP contribution in [0.2, 0.25) is 0 Å². The first-order valence-corrected chi connectivity index (χ1v) is 6.59. The zero-order valence-corrected chi connectivity index (χ0v) is 12.7. The number of hydrazone groups is 1. The van der Waals surface area contributed by atoms with Gasteiger partial charge in [0.05, 0.1) is 18.9 Å². The topological polar surface area (TPSA) is 101 Å². The first-order chi connectivity index (χ1) is 11.0. The third-order valence-electron chi connectivity index (χ3n) is 2.81. The van der Waals surface area contributed by atoms with Gasteiger partial charge in [-0.05, 0) is 24.6 Å². The van der Waals surface area contributed by atoms with E-state index in [9.17, 15) is 4.79 Å². The van der Waals surface area contributed by atoms with E-state index in [4.69, 9.17) is 9.68 Å². The van der Waals surface area contributed by atoms with E-state index in [0.717, 1.165) is 5.56 Å². The quantitative estimate of drug-likeness (QED) is 0.518. The zero-order chi connectivity index (χ0) is 16.8. The lowest BCUT2D eigenvalue weighted by molar-refractivity contribution is 0.0600. The Morgan fingerprint density at radius 3 is 2.74 bits per heavy atom. The Morgan fingerprint density at radius 2 is 2.17 bits per heavy atom. The Kier molecular flexibility index (Phi) is 4.89. The fourth-order valence-corrected chi connectivity index (χ4v) is 1.64. The summed E-state index contributed by atoms with van der Waals surface area (Å²) in [4.78, 5) is 15.3. The van der Waals surface area contributed by atoms with Gasteiger partial charge in [-0.2, -0.15) is 15.3 Å². The highest BCUT2D eigenvalue weighted by Crippen LogP contribution is 2.20. The van der Waals surface area contributed by atoms with Crippen LogP contribution in [-0.4, -0.2) is 24.3 Å². The first kappa shape index (κ1) is 16.0. The van der Waals surface area contributed by atoms with Gasteiger partial charge in [0.1, 0.15) is 6.07 Å². The lowest BCUT2D eigenvalue weighted by Crippen LogP contribution is -2.00. The number of oxazole rings is 1. The van der Waals surface area contributed by atoms with Crippen LogP contribution in [0, 0.1) is 11.3 Å². The monoisotopic (exact) mass is 310 g/mol. The van der Waals surface area contributed by atoms with Crippen molar-refractivity contribution in [2.45, 2.75) is 6.92 Å². The molecule has 0 amide bonds. The van der Waals surface area contributed by atoms with Crippen molar-refractivity contribution >= 4 is 23.6 Å². The van der Waals surface area contributed by atoms with Crippen LogP contribution in [0.3, 0.4) is 0 Å². The molecular weight excluding hydrogens is 296 g/mol. The Balaban J connectivity index is 2.09. The number of esters is 1. The molecule has 1 aromatic heterocycles. The second kappa shape index (κ2) is 7.04. The van der Waals surface area contributed by atoms with Crippen LogP contribution in [0.5, 0.6) is 0 Å². The molecule has 7 heteroatoms. The zero-order valence-electron chi connectivity index (χ0n) is 12.7. The third kappa shape index (κ3) is 3.83. The van der Waals surface area contributed by atoms with Crippen molar-refractivity contribution in [1.82, 2.24) is 4.98 Å². The number of carbonyl (C=O) groups excluding carboxylic acids is 1. The molecule has 1 aromatic carbocycles. The second-order valence-electron chi connectivity index (χ2n) is 4.57. The molecule has 0 radical (unpaired) electrons. The molecule has 7 nitrogen and oxygen atoms in total. The van der Waals surface area contributed by atoms with Gasteiger partial charge in [0.2, 0.25) is 11.6 Å². The summed E-state index contributed by atoms with van der Waals surface area (Å²) in [5, 5.41) is 13.0. The Morgan fingerprint density at radius 1 is 1.48 bits per heavy atom. The third-order valence-corrected chi connectivity index (χ3v) is 2.81. The van der Waals surface area contributed by atoms with Crippen molar-refractivity contribution in [2.24, 2.45) is 5.10 Å². The minimum Gasteiger partial charge on any atom is -0.465 e. The second-order valence-corrected chi connectivity index (χ2v) is 4.57. The number of nitriles is 1. The number of rotatable bonds is 5.